The van der Waals surface area contributed by atoms with Crippen molar-refractivity contribution >= 4 is 40.2 Å². The maximum atomic E-state index is 6.44. The molecule has 0 amide bonds. The number of hydrogen-bond donors (Lipinski definition) is 0. The van der Waals surface area contributed by atoms with Gasteiger partial charge in [0.1, 0.15) is 5.15 Å². The van der Waals surface area contributed by atoms with Crippen LogP contribution in [0.1, 0.15) is 43.7 Å². The molecule has 140 valence electrons. The van der Waals surface area contributed by atoms with Gasteiger partial charge in [-0.2, -0.15) is 0 Å². The molecule has 2 aromatic heterocycles. The first-order valence-corrected chi connectivity index (χ1v) is 11.0. The fourth-order valence-corrected chi connectivity index (χ4v) is 4.97. The third kappa shape index (κ3) is 3.52. The van der Waals surface area contributed by atoms with Crippen LogP contribution in [-0.4, -0.2) is 32.8 Å². The molecule has 0 bridgehead atoms. The van der Waals surface area contributed by atoms with Crippen molar-refractivity contribution in [1.29, 1.82) is 0 Å². The van der Waals surface area contributed by atoms with Gasteiger partial charge in [-0.05, 0) is 44.2 Å². The summed E-state index contributed by atoms with van der Waals surface area (Å²) in [6, 6.07) is 10.8. The van der Waals surface area contributed by atoms with Crippen molar-refractivity contribution < 1.29 is 0 Å². The van der Waals surface area contributed by atoms with Crippen LogP contribution in [0.5, 0.6) is 0 Å². The van der Waals surface area contributed by atoms with Crippen LogP contribution in [-0.2, 0) is 5.75 Å². The highest BCUT2D eigenvalue weighted by molar-refractivity contribution is 7.98. The predicted molar refractivity (Wildman–Crippen MR) is 111 cm³/mol. The first-order chi connectivity index (χ1) is 13.3. The van der Waals surface area contributed by atoms with Gasteiger partial charge in [0.15, 0.2) is 5.16 Å². The van der Waals surface area contributed by atoms with Gasteiger partial charge in [-0.15, -0.1) is 10.2 Å². The van der Waals surface area contributed by atoms with Crippen molar-refractivity contribution in [2.75, 3.05) is 18.0 Å². The van der Waals surface area contributed by atoms with Crippen molar-refractivity contribution in [3.8, 4) is 0 Å². The average molecular weight is 400 g/mol. The van der Waals surface area contributed by atoms with E-state index in [9.17, 15) is 0 Å². The van der Waals surface area contributed by atoms with Crippen LogP contribution in [0.4, 0.5) is 5.95 Å². The van der Waals surface area contributed by atoms with Crippen molar-refractivity contribution in [3.05, 3.63) is 41.0 Å². The van der Waals surface area contributed by atoms with E-state index in [-0.39, 0.29) is 0 Å². The summed E-state index contributed by atoms with van der Waals surface area (Å²) in [4.78, 5) is 6.94. The zero-order valence-electron chi connectivity index (χ0n) is 15.1. The van der Waals surface area contributed by atoms with Crippen LogP contribution in [0.3, 0.4) is 0 Å². The molecule has 3 heterocycles. The van der Waals surface area contributed by atoms with Gasteiger partial charge in [0.25, 0.3) is 0 Å². The Balaban J connectivity index is 1.40. The van der Waals surface area contributed by atoms with Crippen LogP contribution in [0.2, 0.25) is 5.15 Å². The highest BCUT2D eigenvalue weighted by atomic mass is 35.5. The second kappa shape index (κ2) is 7.32. The molecule has 3 aromatic rings. The molecular weight excluding hydrogens is 378 g/mol. The number of thioether (sulfide) groups is 1. The Hall–Kier alpha value is -1.79. The van der Waals surface area contributed by atoms with Gasteiger partial charge < -0.3 is 4.90 Å². The number of aromatic nitrogens is 4. The fourth-order valence-electron chi connectivity index (χ4n) is 3.71. The third-order valence-electron chi connectivity index (χ3n) is 5.30. The van der Waals surface area contributed by atoms with E-state index in [0.29, 0.717) is 11.2 Å². The second-order valence-corrected chi connectivity index (χ2v) is 8.65. The molecule has 1 aliphatic carbocycles. The van der Waals surface area contributed by atoms with E-state index in [0.717, 1.165) is 46.4 Å². The lowest BCUT2D eigenvalue weighted by Gasteiger charge is -2.27. The summed E-state index contributed by atoms with van der Waals surface area (Å²) >= 11 is 8.15. The monoisotopic (exact) mass is 399 g/mol. The average Bonchev–Trinajstić information content (AvgIpc) is 3.46. The number of rotatable bonds is 5. The Morgan fingerprint density at radius 1 is 1.07 bits per heavy atom. The van der Waals surface area contributed by atoms with Gasteiger partial charge in [-0.3, -0.25) is 4.57 Å². The lowest BCUT2D eigenvalue weighted by molar-refractivity contribution is 0.548. The van der Waals surface area contributed by atoms with Crippen LogP contribution in [0.15, 0.2) is 35.5 Å². The smallest absolute Gasteiger partial charge is 0.228 e. The largest absolute Gasteiger partial charge is 0.341 e. The lowest BCUT2D eigenvalue weighted by atomic mass is 10.1. The maximum Gasteiger partial charge on any atom is 0.228 e. The van der Waals surface area contributed by atoms with Crippen LogP contribution in [0.25, 0.3) is 10.9 Å². The van der Waals surface area contributed by atoms with Gasteiger partial charge in [0, 0.05) is 35.8 Å². The third-order valence-corrected chi connectivity index (χ3v) is 6.62. The summed E-state index contributed by atoms with van der Waals surface area (Å²) in [5, 5.41) is 11.8. The number of piperidine rings is 1. The van der Waals surface area contributed by atoms with Gasteiger partial charge in [-0.25, -0.2) is 4.98 Å². The Labute approximate surface area is 168 Å². The minimum absolute atomic E-state index is 0.560. The summed E-state index contributed by atoms with van der Waals surface area (Å²) in [6.07, 6.45) is 6.27. The summed E-state index contributed by atoms with van der Waals surface area (Å²) < 4.78 is 2.36. The molecule has 1 saturated heterocycles. The molecule has 0 spiro atoms. The van der Waals surface area contributed by atoms with Gasteiger partial charge >= 0.3 is 0 Å². The summed E-state index contributed by atoms with van der Waals surface area (Å²) in [7, 11) is 0. The van der Waals surface area contributed by atoms with E-state index in [1.807, 2.05) is 18.2 Å². The quantitative estimate of drug-likeness (QED) is 0.441. The van der Waals surface area contributed by atoms with E-state index >= 15 is 0 Å². The lowest BCUT2D eigenvalue weighted by Crippen LogP contribution is -2.31. The van der Waals surface area contributed by atoms with Crippen molar-refractivity contribution in [1.82, 2.24) is 19.7 Å². The van der Waals surface area contributed by atoms with Crippen molar-refractivity contribution in [2.24, 2.45) is 0 Å². The number of hydrogen-bond acceptors (Lipinski definition) is 5. The number of para-hydroxylation sites is 1. The normalized spacial score (nSPS) is 17.6. The van der Waals surface area contributed by atoms with E-state index in [4.69, 9.17) is 11.6 Å². The van der Waals surface area contributed by atoms with Crippen LogP contribution in [0, 0.1) is 0 Å². The number of halogens is 1. The molecule has 5 rings (SSSR count). The maximum absolute atomic E-state index is 6.44. The molecule has 0 atom stereocenters. The van der Waals surface area contributed by atoms with Crippen molar-refractivity contribution in [2.45, 2.75) is 49.1 Å². The number of fused-ring (bicyclic) bond motifs is 1. The minimum Gasteiger partial charge on any atom is -0.341 e. The summed E-state index contributed by atoms with van der Waals surface area (Å²) in [5.74, 6) is 1.81. The predicted octanol–water partition coefficient (Wildman–Crippen LogP) is 5.10. The zero-order chi connectivity index (χ0) is 18.2. The van der Waals surface area contributed by atoms with Gasteiger partial charge in [-0.1, -0.05) is 41.6 Å². The van der Waals surface area contributed by atoms with Gasteiger partial charge in [0.2, 0.25) is 5.95 Å². The summed E-state index contributed by atoms with van der Waals surface area (Å²) in [5.41, 5.74) is 1.98. The van der Waals surface area contributed by atoms with E-state index in [1.165, 1.54) is 32.1 Å². The molecule has 2 fully saturated rings. The molecule has 27 heavy (non-hydrogen) atoms. The molecule has 0 radical (unpaired) electrons. The Morgan fingerprint density at radius 3 is 2.70 bits per heavy atom. The molecule has 5 nitrogen and oxygen atoms in total. The molecule has 2 aliphatic rings. The van der Waals surface area contributed by atoms with Crippen molar-refractivity contribution in [3.63, 3.8) is 0 Å². The Morgan fingerprint density at radius 2 is 1.89 bits per heavy atom. The first kappa shape index (κ1) is 17.3. The SMILES string of the molecule is Clc1nc2ccccc2cc1CSc1nnc(N2CCCCC2)n1C1CC1. The molecule has 0 unspecified atom stereocenters. The minimum atomic E-state index is 0.560. The molecule has 1 aromatic carbocycles. The van der Waals surface area contributed by atoms with Gasteiger partial charge in [0.05, 0.1) is 5.52 Å². The number of pyridine rings is 1. The number of anilines is 1. The van der Waals surface area contributed by atoms with E-state index in [2.05, 4.69) is 36.8 Å². The first-order valence-electron chi connectivity index (χ1n) is 9.66. The van der Waals surface area contributed by atoms with Crippen LogP contribution < -0.4 is 4.90 Å². The van der Waals surface area contributed by atoms with E-state index < -0.39 is 0 Å². The Kier molecular flexibility index (Phi) is 4.70. The highest BCUT2D eigenvalue weighted by Crippen LogP contribution is 2.42. The second-order valence-electron chi connectivity index (χ2n) is 7.35. The number of benzene rings is 1. The Bertz CT molecular complexity index is 962. The highest BCUT2D eigenvalue weighted by Gasteiger charge is 2.32. The van der Waals surface area contributed by atoms with Crippen LogP contribution >= 0.6 is 23.4 Å². The molecule has 0 N–H and O–H groups in total. The molecule has 1 saturated carbocycles. The van der Waals surface area contributed by atoms with E-state index in [1.54, 1.807) is 11.8 Å². The molecule has 1 aliphatic heterocycles. The molecular formula is C20H22ClN5S. The topological polar surface area (TPSA) is 46.8 Å². The standard InChI is InChI=1S/C20H22ClN5S/c21-18-15(12-14-6-2-3-7-17(14)22-18)13-27-20-24-23-19(26(20)16-8-9-16)25-10-4-1-5-11-25/h2-3,6-7,12,16H,1,4-5,8-11,13H2. The number of nitrogens with zero attached hydrogens (tertiary/aromatic N) is 5. The zero-order valence-corrected chi connectivity index (χ0v) is 16.7. The summed E-state index contributed by atoms with van der Waals surface area (Å²) in [6.45, 7) is 2.19. The fraction of sp³-hybridized carbons (Fsp3) is 0.450. The molecule has 7 heteroatoms.